The summed E-state index contributed by atoms with van der Waals surface area (Å²) in [6, 6.07) is -1.39. The number of likely N-dealkylation sites (tertiary alicyclic amines) is 1. The number of nitrogens with one attached hydrogen (secondary N) is 3. The molecule has 4 rings (SSSR count). The van der Waals surface area contributed by atoms with Gasteiger partial charge in [-0.05, 0) is 55.8 Å². The molecule has 12 heteroatoms. The number of piperidine rings is 1. The largest absolute Gasteiger partial charge is 0.471 e. The van der Waals surface area contributed by atoms with Crippen molar-refractivity contribution in [1.29, 1.82) is 5.26 Å². The van der Waals surface area contributed by atoms with E-state index in [0.717, 1.165) is 44.9 Å². The number of carbonyl (C=O) groups is 4. The second-order valence-corrected chi connectivity index (χ2v) is 13.2. The number of carbonyl (C=O) groups excluding carboxylic acids is 4. The zero-order valence-corrected chi connectivity index (χ0v) is 23.4. The van der Waals surface area contributed by atoms with Gasteiger partial charge in [-0.15, -0.1) is 0 Å². The van der Waals surface area contributed by atoms with E-state index in [0.29, 0.717) is 18.8 Å². The summed E-state index contributed by atoms with van der Waals surface area (Å²) in [4.78, 5) is 53.0. The predicted molar refractivity (Wildman–Crippen MR) is 138 cm³/mol. The van der Waals surface area contributed by atoms with Gasteiger partial charge in [-0.1, -0.05) is 46.5 Å². The summed E-state index contributed by atoms with van der Waals surface area (Å²) in [6.45, 7) is 4.86. The van der Waals surface area contributed by atoms with Crippen LogP contribution < -0.4 is 16.0 Å². The number of nitrogens with zero attached hydrogens (tertiary/aromatic N) is 2. The Kier molecular flexibility index (Phi) is 8.44. The molecule has 9 nitrogen and oxygen atoms in total. The Bertz CT molecular complexity index is 1060. The Labute approximate surface area is 233 Å². The number of amides is 4. The van der Waals surface area contributed by atoms with Gasteiger partial charge in [-0.25, -0.2) is 0 Å². The molecule has 3 N–H and O–H groups in total. The summed E-state index contributed by atoms with van der Waals surface area (Å²) >= 11 is 0. The maximum absolute atomic E-state index is 13.8. The van der Waals surface area contributed by atoms with Gasteiger partial charge in [0, 0.05) is 18.0 Å². The van der Waals surface area contributed by atoms with Gasteiger partial charge in [-0.2, -0.15) is 18.4 Å². The van der Waals surface area contributed by atoms with Crippen LogP contribution in [0.25, 0.3) is 0 Å². The fourth-order valence-electron chi connectivity index (χ4n) is 6.61. The standard InChI is InChI=1S/C28H40F3N5O4/c1-26(2,3)21(34-25(40)28(29,30)31)24(39)36-15-18(16-6-4-5-7-16)13-20(36)23(38)33-19(14-32)12-17-8-9-27(10-11-27)35-22(17)37/h16-21H,4-13,15H2,1-3H3,(H,33,38)(H,34,40)(H,35,37)/t17-,18+,19-,20?,21+/m0/s1. The molecule has 0 aromatic rings. The minimum atomic E-state index is -5.16. The highest BCUT2D eigenvalue weighted by molar-refractivity contribution is 5.94. The topological polar surface area (TPSA) is 131 Å². The van der Waals surface area contributed by atoms with Crippen LogP contribution >= 0.6 is 0 Å². The average molecular weight is 568 g/mol. The van der Waals surface area contributed by atoms with E-state index in [-0.39, 0.29) is 30.3 Å². The van der Waals surface area contributed by atoms with Crippen LogP contribution in [0.3, 0.4) is 0 Å². The van der Waals surface area contributed by atoms with Crippen molar-refractivity contribution in [3.63, 3.8) is 0 Å². The second-order valence-electron chi connectivity index (χ2n) is 13.2. The molecule has 40 heavy (non-hydrogen) atoms. The lowest BCUT2D eigenvalue weighted by molar-refractivity contribution is -0.176. The molecule has 0 bridgehead atoms. The first-order chi connectivity index (χ1) is 18.6. The Morgan fingerprint density at radius 2 is 1.73 bits per heavy atom. The molecule has 2 aliphatic carbocycles. The van der Waals surface area contributed by atoms with Crippen LogP contribution in [0.5, 0.6) is 0 Å². The van der Waals surface area contributed by atoms with Gasteiger partial charge in [-0.3, -0.25) is 19.2 Å². The molecule has 2 saturated carbocycles. The highest BCUT2D eigenvalue weighted by Crippen LogP contribution is 2.44. The molecule has 4 amide bonds. The Balaban J connectivity index is 1.49. The minimum Gasteiger partial charge on any atom is -0.350 e. The lowest BCUT2D eigenvalue weighted by Crippen LogP contribution is -2.59. The van der Waals surface area contributed by atoms with Gasteiger partial charge in [0.05, 0.1) is 6.07 Å². The summed E-state index contributed by atoms with van der Waals surface area (Å²) in [6.07, 6.45) is 2.67. The van der Waals surface area contributed by atoms with Crippen LogP contribution in [0.2, 0.25) is 0 Å². The highest BCUT2D eigenvalue weighted by Gasteiger charge is 2.50. The number of halogens is 3. The third-order valence-electron chi connectivity index (χ3n) is 9.21. The number of nitriles is 1. The van der Waals surface area contributed by atoms with Crippen LogP contribution in [0.4, 0.5) is 13.2 Å². The van der Waals surface area contributed by atoms with E-state index < -0.39 is 53.4 Å². The fraction of sp³-hybridized carbons (Fsp3) is 0.821. The Morgan fingerprint density at radius 3 is 2.25 bits per heavy atom. The molecule has 1 unspecified atom stereocenters. The summed E-state index contributed by atoms with van der Waals surface area (Å²) in [7, 11) is 0. The normalized spacial score (nSPS) is 28.0. The smallest absolute Gasteiger partial charge is 0.350 e. The zero-order valence-electron chi connectivity index (χ0n) is 23.4. The third-order valence-corrected chi connectivity index (χ3v) is 9.21. The quantitative estimate of drug-likeness (QED) is 0.435. The van der Waals surface area contributed by atoms with Crippen molar-refractivity contribution in [2.75, 3.05) is 6.54 Å². The fourth-order valence-corrected chi connectivity index (χ4v) is 6.61. The van der Waals surface area contributed by atoms with Gasteiger partial charge in [0.25, 0.3) is 0 Å². The van der Waals surface area contributed by atoms with Crippen LogP contribution in [0, 0.1) is 34.5 Å². The molecular formula is C28H40F3N5O4. The first-order valence-electron chi connectivity index (χ1n) is 14.3. The lowest BCUT2D eigenvalue weighted by atomic mass is 9.85. The van der Waals surface area contributed by atoms with Gasteiger partial charge < -0.3 is 20.9 Å². The number of hydrogen-bond donors (Lipinski definition) is 3. The lowest BCUT2D eigenvalue weighted by Gasteiger charge is -2.36. The van der Waals surface area contributed by atoms with E-state index in [1.54, 1.807) is 20.8 Å². The first-order valence-corrected chi connectivity index (χ1v) is 14.3. The molecule has 1 spiro atoms. The highest BCUT2D eigenvalue weighted by atomic mass is 19.4. The second kappa shape index (κ2) is 11.2. The molecule has 2 heterocycles. The third kappa shape index (κ3) is 6.72. The van der Waals surface area contributed by atoms with E-state index in [4.69, 9.17) is 0 Å². The van der Waals surface area contributed by atoms with Crippen molar-refractivity contribution < 1.29 is 32.3 Å². The summed E-state index contributed by atoms with van der Waals surface area (Å²) in [5, 5.41) is 17.4. The van der Waals surface area contributed by atoms with E-state index in [1.807, 2.05) is 5.32 Å². The number of rotatable bonds is 7. The predicted octanol–water partition coefficient (Wildman–Crippen LogP) is 2.94. The van der Waals surface area contributed by atoms with E-state index >= 15 is 0 Å². The molecule has 0 aromatic carbocycles. The van der Waals surface area contributed by atoms with Gasteiger partial charge >= 0.3 is 12.1 Å². The Morgan fingerprint density at radius 1 is 1.07 bits per heavy atom. The van der Waals surface area contributed by atoms with Crippen LogP contribution in [-0.4, -0.2) is 64.9 Å². The number of alkyl halides is 3. The van der Waals surface area contributed by atoms with Crippen molar-refractivity contribution >= 4 is 23.6 Å². The van der Waals surface area contributed by atoms with Crippen molar-refractivity contribution in [3.05, 3.63) is 0 Å². The summed E-state index contributed by atoms with van der Waals surface area (Å²) in [5.74, 6) is -3.78. The monoisotopic (exact) mass is 567 g/mol. The van der Waals surface area contributed by atoms with Gasteiger partial charge in [0.1, 0.15) is 18.1 Å². The molecular weight excluding hydrogens is 527 g/mol. The van der Waals surface area contributed by atoms with Crippen molar-refractivity contribution in [2.24, 2.45) is 23.2 Å². The van der Waals surface area contributed by atoms with E-state index in [1.165, 1.54) is 4.90 Å². The molecule has 0 aromatic heterocycles. The van der Waals surface area contributed by atoms with Crippen LogP contribution in [0.15, 0.2) is 0 Å². The van der Waals surface area contributed by atoms with Crippen molar-refractivity contribution in [3.8, 4) is 6.07 Å². The van der Waals surface area contributed by atoms with Gasteiger partial charge in [0.15, 0.2) is 0 Å². The summed E-state index contributed by atoms with van der Waals surface area (Å²) in [5.41, 5.74) is -1.16. The number of hydrogen-bond acceptors (Lipinski definition) is 5. The molecule has 222 valence electrons. The average Bonchev–Trinajstić information content (AvgIpc) is 3.25. The zero-order chi connectivity index (χ0) is 29.5. The summed E-state index contributed by atoms with van der Waals surface area (Å²) < 4.78 is 39.3. The Hall–Kier alpha value is -2.84. The molecule has 4 aliphatic rings. The minimum absolute atomic E-state index is 0.0134. The molecule has 0 radical (unpaired) electrons. The van der Waals surface area contributed by atoms with Crippen molar-refractivity contribution in [2.45, 2.75) is 115 Å². The maximum atomic E-state index is 13.8. The van der Waals surface area contributed by atoms with Gasteiger partial charge in [0.2, 0.25) is 17.7 Å². The van der Waals surface area contributed by atoms with Crippen LogP contribution in [-0.2, 0) is 19.2 Å². The van der Waals surface area contributed by atoms with Crippen LogP contribution in [0.1, 0.15) is 85.0 Å². The SMILES string of the molecule is CC(C)(C)[C@H](NC(=O)C(F)(F)F)C(=O)N1C[C@H](C2CCCC2)CC1C(=O)N[C@H](C#N)C[C@@H]1CCC2(CC2)NC1=O. The maximum Gasteiger partial charge on any atom is 0.471 e. The molecule has 2 saturated heterocycles. The molecule has 2 aliphatic heterocycles. The van der Waals surface area contributed by atoms with Crippen molar-refractivity contribution in [1.82, 2.24) is 20.9 Å². The molecule has 5 atom stereocenters. The van der Waals surface area contributed by atoms with E-state index in [9.17, 15) is 37.6 Å². The first kappa shape index (κ1) is 30.1. The van der Waals surface area contributed by atoms with E-state index in [2.05, 4.69) is 16.7 Å². The molecule has 4 fully saturated rings.